The predicted molar refractivity (Wildman–Crippen MR) is 76.0 cm³/mol. The number of rotatable bonds is 2. The van der Waals surface area contributed by atoms with Gasteiger partial charge < -0.3 is 10.2 Å². The molecule has 0 spiro atoms. The molecule has 0 unspecified atom stereocenters. The summed E-state index contributed by atoms with van der Waals surface area (Å²) in [6.07, 6.45) is 7.24. The Morgan fingerprint density at radius 1 is 0.895 bits per heavy atom. The first kappa shape index (κ1) is 13.4. The van der Waals surface area contributed by atoms with Crippen molar-refractivity contribution in [3.05, 3.63) is 0 Å². The zero-order valence-corrected chi connectivity index (χ0v) is 11.9. The number of hydrogen-bond acceptors (Lipinski definition) is 3. The number of amides is 1. The highest BCUT2D eigenvalue weighted by atomic mass is 16.2. The van der Waals surface area contributed by atoms with E-state index >= 15 is 0 Å². The Balaban J connectivity index is 1.51. The first-order valence-electron chi connectivity index (χ1n) is 8.08. The maximum Gasteiger partial charge on any atom is 0.225 e. The molecule has 1 saturated carbocycles. The van der Waals surface area contributed by atoms with Gasteiger partial charge in [-0.25, -0.2) is 0 Å². The van der Waals surface area contributed by atoms with Gasteiger partial charge in [-0.2, -0.15) is 0 Å². The molecule has 2 saturated heterocycles. The van der Waals surface area contributed by atoms with Crippen LogP contribution in [0.1, 0.15) is 38.5 Å². The first-order chi connectivity index (χ1) is 9.34. The van der Waals surface area contributed by atoms with Crippen molar-refractivity contribution in [2.24, 2.45) is 5.92 Å². The zero-order chi connectivity index (χ0) is 13.1. The second-order valence-corrected chi connectivity index (χ2v) is 6.36. The molecular formula is C15H27N3O. The van der Waals surface area contributed by atoms with Crippen molar-refractivity contribution in [1.29, 1.82) is 0 Å². The molecule has 108 valence electrons. The third-order valence-electron chi connectivity index (χ3n) is 5.07. The fourth-order valence-corrected chi connectivity index (χ4v) is 3.66. The van der Waals surface area contributed by atoms with E-state index in [1.807, 2.05) is 0 Å². The van der Waals surface area contributed by atoms with Crippen LogP contribution in [0.5, 0.6) is 0 Å². The molecule has 2 heterocycles. The Morgan fingerprint density at radius 3 is 2.37 bits per heavy atom. The molecule has 0 aromatic rings. The molecular weight excluding hydrogens is 238 g/mol. The molecule has 3 rings (SSSR count). The maximum atomic E-state index is 12.6. The van der Waals surface area contributed by atoms with Gasteiger partial charge in [0.1, 0.15) is 0 Å². The Labute approximate surface area is 116 Å². The Bertz CT molecular complexity index is 311. The van der Waals surface area contributed by atoms with Crippen LogP contribution < -0.4 is 5.32 Å². The number of nitrogens with zero attached hydrogens (tertiary/aromatic N) is 2. The van der Waals surface area contributed by atoms with Crippen LogP contribution in [0.15, 0.2) is 0 Å². The third-order valence-corrected chi connectivity index (χ3v) is 5.07. The van der Waals surface area contributed by atoms with E-state index in [1.165, 1.54) is 25.8 Å². The SMILES string of the molecule is O=C(C1CCCCC1)N1CCCN(C2CNC2)CC1. The average molecular weight is 265 g/mol. The molecule has 19 heavy (non-hydrogen) atoms. The molecule has 3 aliphatic rings. The second kappa shape index (κ2) is 6.23. The van der Waals surface area contributed by atoms with Crippen molar-refractivity contribution >= 4 is 5.91 Å². The van der Waals surface area contributed by atoms with E-state index in [0.29, 0.717) is 11.8 Å². The largest absolute Gasteiger partial charge is 0.341 e. The minimum atomic E-state index is 0.339. The van der Waals surface area contributed by atoms with E-state index in [1.54, 1.807) is 0 Å². The third kappa shape index (κ3) is 3.11. The number of carbonyl (C=O) groups excluding carboxylic acids is 1. The van der Waals surface area contributed by atoms with Gasteiger partial charge >= 0.3 is 0 Å². The van der Waals surface area contributed by atoms with Gasteiger partial charge in [0.25, 0.3) is 0 Å². The maximum absolute atomic E-state index is 12.6. The van der Waals surface area contributed by atoms with Crippen molar-refractivity contribution in [1.82, 2.24) is 15.1 Å². The molecule has 4 heteroatoms. The lowest BCUT2D eigenvalue weighted by molar-refractivity contribution is -0.136. The molecule has 1 aliphatic carbocycles. The van der Waals surface area contributed by atoms with E-state index in [2.05, 4.69) is 15.1 Å². The van der Waals surface area contributed by atoms with Crippen molar-refractivity contribution < 1.29 is 4.79 Å². The highest BCUT2D eigenvalue weighted by Crippen LogP contribution is 2.26. The molecule has 0 radical (unpaired) electrons. The van der Waals surface area contributed by atoms with E-state index in [-0.39, 0.29) is 0 Å². The molecule has 4 nitrogen and oxygen atoms in total. The summed E-state index contributed by atoms with van der Waals surface area (Å²) in [7, 11) is 0. The van der Waals surface area contributed by atoms with Gasteiger partial charge in [0.2, 0.25) is 5.91 Å². The highest BCUT2D eigenvalue weighted by molar-refractivity contribution is 5.79. The van der Waals surface area contributed by atoms with Crippen LogP contribution in [0, 0.1) is 5.92 Å². The smallest absolute Gasteiger partial charge is 0.225 e. The molecule has 0 atom stereocenters. The van der Waals surface area contributed by atoms with Gasteiger partial charge in [-0.3, -0.25) is 9.69 Å². The molecule has 2 aliphatic heterocycles. The standard InChI is InChI=1S/C15H27N3O/c19-15(13-5-2-1-3-6-13)18-8-4-7-17(9-10-18)14-11-16-12-14/h13-14,16H,1-12H2. The monoisotopic (exact) mass is 265 g/mol. The molecule has 1 N–H and O–H groups in total. The average Bonchev–Trinajstić information content (AvgIpc) is 2.63. The van der Waals surface area contributed by atoms with E-state index < -0.39 is 0 Å². The fourth-order valence-electron chi connectivity index (χ4n) is 3.66. The highest BCUT2D eigenvalue weighted by Gasteiger charge is 2.30. The normalized spacial score (nSPS) is 27.9. The predicted octanol–water partition coefficient (Wildman–Crippen LogP) is 1.07. The summed E-state index contributed by atoms with van der Waals surface area (Å²) in [4.78, 5) is 17.3. The summed E-state index contributed by atoms with van der Waals surface area (Å²) in [5, 5.41) is 3.34. The summed E-state index contributed by atoms with van der Waals surface area (Å²) < 4.78 is 0. The minimum absolute atomic E-state index is 0.339. The Hall–Kier alpha value is -0.610. The lowest BCUT2D eigenvalue weighted by atomic mass is 9.88. The van der Waals surface area contributed by atoms with Crippen molar-refractivity contribution in [2.45, 2.75) is 44.6 Å². The van der Waals surface area contributed by atoms with Crippen LogP contribution in [0.25, 0.3) is 0 Å². The van der Waals surface area contributed by atoms with Crippen molar-refractivity contribution in [2.75, 3.05) is 39.3 Å². The van der Waals surface area contributed by atoms with Crippen LogP contribution in [0.2, 0.25) is 0 Å². The summed E-state index contributed by atoms with van der Waals surface area (Å²) in [5.74, 6) is 0.791. The van der Waals surface area contributed by atoms with Crippen molar-refractivity contribution in [3.63, 3.8) is 0 Å². The van der Waals surface area contributed by atoms with E-state index in [9.17, 15) is 4.79 Å². The van der Waals surface area contributed by atoms with Gasteiger partial charge in [-0.15, -0.1) is 0 Å². The van der Waals surface area contributed by atoms with E-state index in [4.69, 9.17) is 0 Å². The van der Waals surface area contributed by atoms with Crippen LogP contribution in [-0.4, -0.2) is 61.0 Å². The van der Waals surface area contributed by atoms with E-state index in [0.717, 1.165) is 58.0 Å². The van der Waals surface area contributed by atoms with Gasteiger partial charge in [0, 0.05) is 51.2 Å². The topological polar surface area (TPSA) is 35.6 Å². The minimum Gasteiger partial charge on any atom is -0.341 e. The van der Waals surface area contributed by atoms with Crippen LogP contribution >= 0.6 is 0 Å². The summed E-state index contributed by atoms with van der Waals surface area (Å²) in [6.45, 7) is 6.44. The Kier molecular flexibility index (Phi) is 4.38. The van der Waals surface area contributed by atoms with Crippen LogP contribution in [0.4, 0.5) is 0 Å². The molecule has 1 amide bonds. The number of carbonyl (C=O) groups is 1. The number of hydrogen-bond donors (Lipinski definition) is 1. The second-order valence-electron chi connectivity index (χ2n) is 6.36. The first-order valence-corrected chi connectivity index (χ1v) is 8.08. The summed E-state index contributed by atoms with van der Waals surface area (Å²) in [6, 6.07) is 0.727. The van der Waals surface area contributed by atoms with Gasteiger partial charge in [-0.1, -0.05) is 19.3 Å². The lowest BCUT2D eigenvalue weighted by Crippen LogP contribution is -2.57. The molecule has 3 fully saturated rings. The van der Waals surface area contributed by atoms with Crippen LogP contribution in [0.3, 0.4) is 0 Å². The Morgan fingerprint density at radius 2 is 1.68 bits per heavy atom. The fraction of sp³-hybridized carbons (Fsp3) is 0.933. The summed E-state index contributed by atoms with van der Waals surface area (Å²) >= 11 is 0. The molecule has 0 bridgehead atoms. The van der Waals surface area contributed by atoms with Gasteiger partial charge in [0.15, 0.2) is 0 Å². The quantitative estimate of drug-likeness (QED) is 0.811. The zero-order valence-electron chi connectivity index (χ0n) is 11.9. The molecule has 0 aromatic heterocycles. The molecule has 0 aromatic carbocycles. The van der Waals surface area contributed by atoms with Crippen molar-refractivity contribution in [3.8, 4) is 0 Å². The van der Waals surface area contributed by atoms with Gasteiger partial charge in [-0.05, 0) is 19.3 Å². The lowest BCUT2D eigenvalue weighted by Gasteiger charge is -2.37. The number of nitrogens with one attached hydrogen (secondary N) is 1. The summed E-state index contributed by atoms with van der Waals surface area (Å²) in [5.41, 5.74) is 0. The van der Waals surface area contributed by atoms with Crippen LogP contribution in [-0.2, 0) is 4.79 Å². The van der Waals surface area contributed by atoms with Gasteiger partial charge in [0.05, 0.1) is 0 Å².